The molecule has 5 heteroatoms. The molecule has 1 saturated heterocycles. The molecule has 0 amide bonds. The maximum absolute atomic E-state index is 9.10. The molecule has 1 aliphatic heterocycles. The Morgan fingerprint density at radius 1 is 1.15 bits per heavy atom. The van der Waals surface area contributed by atoms with Crippen LogP contribution in [0.1, 0.15) is 20.3 Å². The molecule has 0 aromatic carbocycles. The monoisotopic (exact) mass is 194 g/mol. The summed E-state index contributed by atoms with van der Waals surface area (Å²) in [7, 11) is 0. The molecule has 1 aliphatic rings. The number of hydrogen-bond donors (Lipinski definition) is 4. The third-order valence-corrected chi connectivity index (χ3v) is 1.74. The van der Waals surface area contributed by atoms with Crippen molar-refractivity contribution in [2.24, 2.45) is 0 Å². The molecule has 1 rings (SSSR count). The average Bonchev–Trinajstić information content (AvgIpc) is 2.15. The molecular weight excluding hydrogens is 176 g/mol. The predicted octanol–water partition coefficient (Wildman–Crippen LogP) is -1.17. The first kappa shape index (κ1) is 12.8. The molecule has 0 aromatic rings. The summed E-state index contributed by atoms with van der Waals surface area (Å²) in [6.07, 6.45) is -4.01. The molecule has 0 aromatic heterocycles. The summed E-state index contributed by atoms with van der Waals surface area (Å²) in [4.78, 5) is 0. The Kier molecular flexibility index (Phi) is 6.19. The highest BCUT2D eigenvalue weighted by molar-refractivity contribution is 4.79. The molecule has 4 atom stereocenters. The molecular formula is C8H18O5. The van der Waals surface area contributed by atoms with Crippen LogP contribution < -0.4 is 0 Å². The van der Waals surface area contributed by atoms with Gasteiger partial charge in [-0.15, -0.1) is 0 Å². The van der Waals surface area contributed by atoms with E-state index >= 15 is 0 Å². The van der Waals surface area contributed by atoms with Crippen LogP contribution in [0, 0.1) is 0 Å². The standard InChI is InChI=1S/C6H12O5.C2H6/c7-2-5-3(8)1-4(9)6(10)11-5;1-2/h3-10H,1-2H2;1-2H3/t3?,4-,5+,6?;/m1./s1. The molecule has 5 nitrogen and oxygen atoms in total. The van der Waals surface area contributed by atoms with Gasteiger partial charge in [-0.2, -0.15) is 0 Å². The Morgan fingerprint density at radius 3 is 2.15 bits per heavy atom. The van der Waals surface area contributed by atoms with Crippen molar-refractivity contribution in [1.29, 1.82) is 0 Å². The fourth-order valence-corrected chi connectivity index (χ4v) is 1.04. The fourth-order valence-electron chi connectivity index (χ4n) is 1.04. The highest BCUT2D eigenvalue weighted by atomic mass is 16.6. The second kappa shape index (κ2) is 6.28. The van der Waals surface area contributed by atoms with E-state index < -0.39 is 24.6 Å². The Labute approximate surface area is 77.6 Å². The van der Waals surface area contributed by atoms with Crippen LogP contribution in [0.15, 0.2) is 0 Å². The Morgan fingerprint density at radius 2 is 1.69 bits per heavy atom. The highest BCUT2D eigenvalue weighted by Crippen LogP contribution is 2.18. The van der Waals surface area contributed by atoms with Crippen molar-refractivity contribution in [2.75, 3.05) is 6.61 Å². The van der Waals surface area contributed by atoms with E-state index in [1.165, 1.54) is 0 Å². The molecule has 1 fully saturated rings. The van der Waals surface area contributed by atoms with Crippen molar-refractivity contribution in [1.82, 2.24) is 0 Å². The third kappa shape index (κ3) is 3.58. The quantitative estimate of drug-likeness (QED) is 0.422. The van der Waals surface area contributed by atoms with Gasteiger partial charge in [0.05, 0.1) is 12.7 Å². The topological polar surface area (TPSA) is 90.2 Å². The molecule has 0 radical (unpaired) electrons. The number of aliphatic hydroxyl groups is 4. The summed E-state index contributed by atoms with van der Waals surface area (Å²) >= 11 is 0. The summed E-state index contributed by atoms with van der Waals surface area (Å²) in [5.74, 6) is 0. The van der Waals surface area contributed by atoms with Crippen LogP contribution in [0.5, 0.6) is 0 Å². The molecule has 0 bridgehead atoms. The van der Waals surface area contributed by atoms with E-state index in [4.69, 9.17) is 20.4 Å². The second-order valence-corrected chi connectivity index (χ2v) is 2.62. The Bertz CT molecular complexity index is 130. The number of ether oxygens (including phenoxy) is 1. The zero-order chi connectivity index (χ0) is 10.4. The van der Waals surface area contributed by atoms with Gasteiger partial charge in [0.2, 0.25) is 0 Å². The van der Waals surface area contributed by atoms with Crippen molar-refractivity contribution in [3.8, 4) is 0 Å². The summed E-state index contributed by atoms with van der Waals surface area (Å²) in [6.45, 7) is 3.64. The molecule has 2 unspecified atom stereocenters. The van der Waals surface area contributed by atoms with Gasteiger partial charge in [-0.1, -0.05) is 13.8 Å². The molecule has 0 saturated carbocycles. The van der Waals surface area contributed by atoms with E-state index in [0.717, 1.165) is 0 Å². The van der Waals surface area contributed by atoms with Crippen LogP contribution in [-0.4, -0.2) is 51.6 Å². The minimum absolute atomic E-state index is 0.0341. The fraction of sp³-hybridized carbons (Fsp3) is 1.00. The lowest BCUT2D eigenvalue weighted by atomic mass is 10.0. The van der Waals surface area contributed by atoms with E-state index in [9.17, 15) is 0 Å². The largest absolute Gasteiger partial charge is 0.394 e. The SMILES string of the molecule is CC.OC[C@@H]1OC(O)[C@H](O)CC1O. The number of rotatable bonds is 1. The number of hydrogen-bond acceptors (Lipinski definition) is 5. The molecule has 80 valence electrons. The van der Waals surface area contributed by atoms with Gasteiger partial charge in [0, 0.05) is 6.42 Å². The van der Waals surface area contributed by atoms with Gasteiger partial charge >= 0.3 is 0 Å². The first-order valence-corrected chi connectivity index (χ1v) is 4.45. The van der Waals surface area contributed by atoms with Crippen LogP contribution in [0.2, 0.25) is 0 Å². The zero-order valence-corrected chi connectivity index (χ0v) is 7.92. The summed E-state index contributed by atoms with van der Waals surface area (Å²) < 4.78 is 4.67. The first-order valence-electron chi connectivity index (χ1n) is 4.45. The Hall–Kier alpha value is -0.200. The van der Waals surface area contributed by atoms with Gasteiger partial charge in [0.15, 0.2) is 6.29 Å². The van der Waals surface area contributed by atoms with E-state index in [-0.39, 0.29) is 13.0 Å². The summed E-state index contributed by atoms with van der Waals surface area (Å²) in [6, 6.07) is 0. The molecule has 0 aliphatic carbocycles. The van der Waals surface area contributed by atoms with Crippen LogP contribution in [0.25, 0.3) is 0 Å². The molecule has 13 heavy (non-hydrogen) atoms. The maximum Gasteiger partial charge on any atom is 0.181 e. The highest BCUT2D eigenvalue weighted by Gasteiger charge is 2.34. The summed E-state index contributed by atoms with van der Waals surface area (Å²) in [5.41, 5.74) is 0. The predicted molar refractivity (Wildman–Crippen MR) is 45.9 cm³/mol. The van der Waals surface area contributed by atoms with Crippen molar-refractivity contribution in [3.05, 3.63) is 0 Å². The minimum Gasteiger partial charge on any atom is -0.394 e. The average molecular weight is 194 g/mol. The lowest BCUT2D eigenvalue weighted by Crippen LogP contribution is -2.48. The van der Waals surface area contributed by atoms with Crippen LogP contribution in [-0.2, 0) is 4.74 Å². The van der Waals surface area contributed by atoms with Crippen LogP contribution >= 0.6 is 0 Å². The first-order chi connectivity index (χ1) is 6.15. The van der Waals surface area contributed by atoms with Gasteiger partial charge in [-0.3, -0.25) is 0 Å². The zero-order valence-electron chi connectivity index (χ0n) is 7.92. The smallest absolute Gasteiger partial charge is 0.181 e. The lowest BCUT2D eigenvalue weighted by molar-refractivity contribution is -0.251. The van der Waals surface area contributed by atoms with Crippen molar-refractivity contribution < 1.29 is 25.2 Å². The normalized spacial score (nSPS) is 39.2. The van der Waals surface area contributed by atoms with Crippen molar-refractivity contribution >= 4 is 0 Å². The van der Waals surface area contributed by atoms with E-state index in [1.807, 2.05) is 13.8 Å². The van der Waals surface area contributed by atoms with Gasteiger partial charge in [-0.25, -0.2) is 0 Å². The third-order valence-electron chi connectivity index (χ3n) is 1.74. The van der Waals surface area contributed by atoms with Crippen LogP contribution in [0.4, 0.5) is 0 Å². The van der Waals surface area contributed by atoms with Crippen molar-refractivity contribution in [2.45, 2.75) is 44.9 Å². The van der Waals surface area contributed by atoms with E-state index in [2.05, 4.69) is 4.74 Å². The molecule has 1 heterocycles. The van der Waals surface area contributed by atoms with Gasteiger partial charge < -0.3 is 25.2 Å². The van der Waals surface area contributed by atoms with E-state index in [1.54, 1.807) is 0 Å². The lowest BCUT2D eigenvalue weighted by Gasteiger charge is -2.33. The summed E-state index contributed by atoms with van der Waals surface area (Å²) in [5, 5.41) is 35.5. The number of aliphatic hydroxyl groups excluding tert-OH is 4. The second-order valence-electron chi connectivity index (χ2n) is 2.62. The van der Waals surface area contributed by atoms with Crippen LogP contribution in [0.3, 0.4) is 0 Å². The van der Waals surface area contributed by atoms with Gasteiger partial charge in [0.1, 0.15) is 12.2 Å². The Balaban J connectivity index is 0.000000671. The van der Waals surface area contributed by atoms with Gasteiger partial charge in [0.25, 0.3) is 0 Å². The minimum atomic E-state index is -1.30. The maximum atomic E-state index is 9.10. The molecule has 4 N–H and O–H groups in total. The van der Waals surface area contributed by atoms with Gasteiger partial charge in [-0.05, 0) is 0 Å². The molecule has 0 spiro atoms. The van der Waals surface area contributed by atoms with Crippen molar-refractivity contribution in [3.63, 3.8) is 0 Å². The van der Waals surface area contributed by atoms with E-state index in [0.29, 0.717) is 0 Å².